The van der Waals surface area contributed by atoms with Crippen LogP contribution < -0.4 is 11.2 Å². The van der Waals surface area contributed by atoms with Crippen molar-refractivity contribution in [3.63, 3.8) is 0 Å². The Morgan fingerprint density at radius 1 is 1.12 bits per heavy atom. The Morgan fingerprint density at radius 3 is 2.75 bits per heavy atom. The van der Waals surface area contributed by atoms with E-state index >= 15 is 0 Å². The van der Waals surface area contributed by atoms with Crippen LogP contribution in [0.3, 0.4) is 0 Å². The molecule has 32 heavy (non-hydrogen) atoms. The van der Waals surface area contributed by atoms with E-state index < -0.39 is 0 Å². The van der Waals surface area contributed by atoms with Crippen LogP contribution in [0, 0.1) is 6.92 Å². The number of benzene rings is 2. The number of hydrogen-bond donors (Lipinski definition) is 0. The molecule has 0 aliphatic carbocycles. The zero-order valence-electron chi connectivity index (χ0n) is 17.6. The van der Waals surface area contributed by atoms with Crippen molar-refractivity contribution in [3.05, 3.63) is 85.8 Å². The molecular formula is C24H22ClN3O4. The lowest BCUT2D eigenvalue weighted by Crippen LogP contribution is -2.42. The Bertz CT molecular complexity index is 1410. The van der Waals surface area contributed by atoms with Crippen molar-refractivity contribution in [2.45, 2.75) is 39.0 Å². The van der Waals surface area contributed by atoms with E-state index in [1.807, 2.05) is 25.1 Å². The number of oxazole rings is 1. The normalized spacial score (nSPS) is 16.1. The number of rotatable bonds is 5. The highest BCUT2D eigenvalue weighted by atomic mass is 35.5. The Morgan fingerprint density at radius 2 is 1.97 bits per heavy atom. The minimum atomic E-state index is -0.379. The van der Waals surface area contributed by atoms with Gasteiger partial charge in [-0.05, 0) is 50.1 Å². The number of fused-ring (bicyclic) bond motifs is 1. The molecule has 2 aromatic heterocycles. The third-order valence-electron chi connectivity index (χ3n) is 5.81. The van der Waals surface area contributed by atoms with Crippen molar-refractivity contribution in [1.82, 2.24) is 14.1 Å². The molecule has 1 aliphatic heterocycles. The molecule has 0 saturated carbocycles. The maximum atomic E-state index is 13.4. The summed E-state index contributed by atoms with van der Waals surface area (Å²) in [6.45, 7) is 2.90. The number of para-hydroxylation sites is 1. The molecule has 2 aromatic carbocycles. The average molecular weight is 452 g/mol. The molecule has 0 N–H and O–H groups in total. The van der Waals surface area contributed by atoms with Crippen LogP contribution in [-0.2, 0) is 17.8 Å². The number of ether oxygens (including phenoxy) is 1. The Balaban J connectivity index is 1.60. The molecule has 3 heterocycles. The van der Waals surface area contributed by atoms with E-state index in [4.69, 9.17) is 20.8 Å². The molecule has 1 aliphatic rings. The highest BCUT2D eigenvalue weighted by Crippen LogP contribution is 2.25. The summed E-state index contributed by atoms with van der Waals surface area (Å²) < 4.78 is 14.4. The molecule has 4 aromatic rings. The summed E-state index contributed by atoms with van der Waals surface area (Å²) in [5, 5.41) is 1.07. The third kappa shape index (κ3) is 3.78. The fourth-order valence-electron chi connectivity index (χ4n) is 4.15. The van der Waals surface area contributed by atoms with E-state index in [1.54, 1.807) is 34.9 Å². The molecule has 0 spiro atoms. The predicted octanol–water partition coefficient (Wildman–Crippen LogP) is 4.01. The van der Waals surface area contributed by atoms with Crippen LogP contribution in [-0.4, -0.2) is 26.8 Å². The van der Waals surface area contributed by atoms with E-state index in [2.05, 4.69) is 4.98 Å². The first kappa shape index (κ1) is 20.7. The maximum Gasteiger partial charge on any atom is 0.331 e. The lowest BCUT2D eigenvalue weighted by molar-refractivity contribution is 0.0948. The van der Waals surface area contributed by atoms with Gasteiger partial charge in [-0.15, -0.1) is 0 Å². The van der Waals surface area contributed by atoms with Gasteiger partial charge in [0.25, 0.3) is 5.56 Å². The number of halogens is 1. The summed E-state index contributed by atoms with van der Waals surface area (Å²) in [6, 6.07) is 14.4. The second-order valence-corrected chi connectivity index (χ2v) is 8.41. The summed E-state index contributed by atoms with van der Waals surface area (Å²) >= 11 is 6.10. The van der Waals surface area contributed by atoms with E-state index in [0.29, 0.717) is 39.9 Å². The molecule has 7 nitrogen and oxygen atoms in total. The van der Waals surface area contributed by atoms with Gasteiger partial charge in [0, 0.05) is 17.2 Å². The zero-order chi connectivity index (χ0) is 22.2. The molecule has 0 bridgehead atoms. The fraction of sp³-hybridized carbons (Fsp3) is 0.292. The second-order valence-electron chi connectivity index (χ2n) is 7.97. The van der Waals surface area contributed by atoms with Crippen LogP contribution >= 0.6 is 11.6 Å². The van der Waals surface area contributed by atoms with Gasteiger partial charge in [-0.25, -0.2) is 9.78 Å². The average Bonchev–Trinajstić information content (AvgIpc) is 3.44. The Labute approximate surface area is 188 Å². The van der Waals surface area contributed by atoms with Gasteiger partial charge in [0.1, 0.15) is 11.5 Å². The minimum Gasteiger partial charge on any atom is -0.441 e. The summed E-state index contributed by atoms with van der Waals surface area (Å²) in [7, 11) is 0. The van der Waals surface area contributed by atoms with Gasteiger partial charge in [-0.3, -0.25) is 13.9 Å². The van der Waals surface area contributed by atoms with Gasteiger partial charge in [-0.2, -0.15) is 0 Å². The number of aromatic nitrogens is 3. The van der Waals surface area contributed by atoms with Crippen LogP contribution in [0.25, 0.3) is 22.4 Å². The Hall–Kier alpha value is -3.16. The lowest BCUT2D eigenvalue weighted by Gasteiger charge is -2.16. The van der Waals surface area contributed by atoms with E-state index in [1.165, 1.54) is 4.57 Å². The predicted molar refractivity (Wildman–Crippen MR) is 122 cm³/mol. The SMILES string of the molecule is Cc1oc(-c2cccc(Cl)c2)nc1Cn1c(=O)n(CC2CCCO2)c(=O)c2ccccc21. The number of hydrogen-bond acceptors (Lipinski definition) is 5. The van der Waals surface area contributed by atoms with Crippen molar-refractivity contribution < 1.29 is 9.15 Å². The Kier molecular flexibility index (Phi) is 5.45. The van der Waals surface area contributed by atoms with E-state index in [0.717, 1.165) is 18.4 Å². The largest absolute Gasteiger partial charge is 0.441 e. The fourth-order valence-corrected chi connectivity index (χ4v) is 4.34. The summed E-state index contributed by atoms with van der Waals surface area (Å²) in [4.78, 5) is 31.1. The van der Waals surface area contributed by atoms with Crippen LogP contribution in [0.2, 0.25) is 5.02 Å². The first-order valence-electron chi connectivity index (χ1n) is 10.6. The first-order valence-corrected chi connectivity index (χ1v) is 11.0. The van der Waals surface area contributed by atoms with Gasteiger partial charge in [-0.1, -0.05) is 29.8 Å². The minimum absolute atomic E-state index is 0.127. The van der Waals surface area contributed by atoms with E-state index in [-0.39, 0.29) is 30.4 Å². The van der Waals surface area contributed by atoms with Gasteiger partial charge in [0.05, 0.1) is 30.1 Å². The number of aryl methyl sites for hydroxylation is 1. The van der Waals surface area contributed by atoms with E-state index in [9.17, 15) is 9.59 Å². The molecule has 0 amide bonds. The molecule has 164 valence electrons. The molecule has 8 heteroatoms. The van der Waals surface area contributed by atoms with Crippen molar-refractivity contribution in [1.29, 1.82) is 0 Å². The summed E-state index contributed by atoms with van der Waals surface area (Å²) in [5.41, 5.74) is 1.27. The topological polar surface area (TPSA) is 79.3 Å². The number of nitrogens with zero attached hydrogens (tertiary/aromatic N) is 3. The highest BCUT2D eigenvalue weighted by Gasteiger charge is 2.21. The molecule has 1 atom stereocenters. The molecule has 1 unspecified atom stereocenters. The molecule has 1 fully saturated rings. The maximum absolute atomic E-state index is 13.4. The molecular weight excluding hydrogens is 430 g/mol. The van der Waals surface area contributed by atoms with Crippen LogP contribution in [0.4, 0.5) is 0 Å². The zero-order valence-corrected chi connectivity index (χ0v) is 18.3. The van der Waals surface area contributed by atoms with Crippen LogP contribution in [0.5, 0.6) is 0 Å². The van der Waals surface area contributed by atoms with Crippen molar-refractivity contribution in [3.8, 4) is 11.5 Å². The lowest BCUT2D eigenvalue weighted by atomic mass is 10.2. The second kappa shape index (κ2) is 8.41. The van der Waals surface area contributed by atoms with Gasteiger partial charge >= 0.3 is 5.69 Å². The van der Waals surface area contributed by atoms with Gasteiger partial charge in [0.2, 0.25) is 5.89 Å². The molecule has 5 rings (SSSR count). The standard InChI is InChI=1S/C24H22ClN3O4/c1-15-20(26-22(32-15)16-6-4-7-17(25)12-16)14-27-21-10-3-2-9-19(21)23(29)28(24(27)30)13-18-8-5-11-31-18/h2-4,6-7,9-10,12,18H,5,8,11,13-14H2,1H3. The van der Waals surface area contributed by atoms with Crippen molar-refractivity contribution in [2.24, 2.45) is 0 Å². The van der Waals surface area contributed by atoms with Gasteiger partial charge in [0.15, 0.2) is 0 Å². The highest BCUT2D eigenvalue weighted by molar-refractivity contribution is 6.30. The van der Waals surface area contributed by atoms with Crippen LogP contribution in [0.15, 0.2) is 62.5 Å². The molecule has 1 saturated heterocycles. The molecule has 0 radical (unpaired) electrons. The van der Waals surface area contributed by atoms with Gasteiger partial charge < -0.3 is 9.15 Å². The summed E-state index contributed by atoms with van der Waals surface area (Å²) in [5.74, 6) is 1.04. The van der Waals surface area contributed by atoms with Crippen LogP contribution in [0.1, 0.15) is 24.3 Å². The van der Waals surface area contributed by atoms with Crippen molar-refractivity contribution in [2.75, 3.05) is 6.61 Å². The quantitative estimate of drug-likeness (QED) is 0.458. The summed E-state index contributed by atoms with van der Waals surface area (Å²) in [6.07, 6.45) is 1.65. The monoisotopic (exact) mass is 451 g/mol. The van der Waals surface area contributed by atoms with Crippen molar-refractivity contribution >= 4 is 22.5 Å². The first-order chi connectivity index (χ1) is 15.5. The third-order valence-corrected chi connectivity index (χ3v) is 6.05. The smallest absolute Gasteiger partial charge is 0.331 e.